The second kappa shape index (κ2) is 4.48. The topological polar surface area (TPSA) is 50.9 Å². The van der Waals surface area contributed by atoms with Crippen LogP contribution in [0.25, 0.3) is 11.0 Å². The molecule has 4 nitrogen and oxygen atoms in total. The van der Waals surface area contributed by atoms with Gasteiger partial charge >= 0.3 is 0 Å². The highest BCUT2D eigenvalue weighted by atomic mass is 35.5. The molecule has 0 fully saturated rings. The quantitative estimate of drug-likeness (QED) is 0.679. The molecule has 0 saturated heterocycles. The number of nitrogens with zero attached hydrogens (tertiary/aromatic N) is 3. The Kier molecular flexibility index (Phi) is 2.73. The highest BCUT2D eigenvalue weighted by Gasteiger charge is 2.35. The molecule has 101 valence electrons. The van der Waals surface area contributed by atoms with Crippen molar-refractivity contribution >= 4 is 34.4 Å². The first kappa shape index (κ1) is 12.2. The lowest BCUT2D eigenvalue weighted by Crippen LogP contribution is -2.10. The van der Waals surface area contributed by atoms with Gasteiger partial charge in [0, 0.05) is 11.2 Å². The van der Waals surface area contributed by atoms with Crippen molar-refractivity contribution in [3.05, 3.63) is 53.3 Å². The summed E-state index contributed by atoms with van der Waals surface area (Å²) in [7, 11) is 0. The van der Waals surface area contributed by atoms with Gasteiger partial charge in [-0.3, -0.25) is 9.55 Å². The first-order chi connectivity index (χ1) is 9.74. The van der Waals surface area contributed by atoms with Crippen LogP contribution in [0.3, 0.4) is 0 Å². The van der Waals surface area contributed by atoms with Crippen molar-refractivity contribution in [3.8, 4) is 0 Å². The van der Waals surface area contributed by atoms with Crippen LogP contribution in [0.15, 0.2) is 47.8 Å². The van der Waals surface area contributed by atoms with Crippen molar-refractivity contribution in [1.29, 1.82) is 0 Å². The van der Waals surface area contributed by atoms with E-state index < -0.39 is 6.23 Å². The van der Waals surface area contributed by atoms with Gasteiger partial charge in [0.15, 0.2) is 5.16 Å². The Labute approximate surface area is 124 Å². The van der Waals surface area contributed by atoms with Gasteiger partial charge in [0.2, 0.25) is 0 Å². The number of rotatable bonds is 1. The molecule has 0 saturated carbocycles. The lowest BCUT2D eigenvalue weighted by Gasteiger charge is -2.15. The molecule has 1 aliphatic heterocycles. The lowest BCUT2D eigenvalue weighted by molar-refractivity contribution is 0.104. The average molecular weight is 305 g/mol. The summed E-state index contributed by atoms with van der Waals surface area (Å²) in [6, 6.07) is 11.3. The van der Waals surface area contributed by atoms with Crippen molar-refractivity contribution in [2.24, 2.45) is 0 Å². The lowest BCUT2D eigenvalue weighted by atomic mass is 10.2. The van der Waals surface area contributed by atoms with E-state index in [0.29, 0.717) is 5.02 Å². The third-order valence-electron chi connectivity index (χ3n) is 3.43. The minimum atomic E-state index is -0.662. The fraction of sp³-hybridized carbons (Fsp3) is 0.143. The Morgan fingerprint density at radius 2 is 2.15 bits per heavy atom. The van der Waals surface area contributed by atoms with Gasteiger partial charge in [-0.2, -0.15) is 0 Å². The fourth-order valence-electron chi connectivity index (χ4n) is 2.51. The molecule has 6 heteroatoms. The number of aliphatic hydroxyl groups excluding tert-OH is 1. The zero-order valence-electron chi connectivity index (χ0n) is 10.3. The molecule has 0 bridgehead atoms. The van der Waals surface area contributed by atoms with Crippen LogP contribution in [0.2, 0.25) is 5.02 Å². The Hall–Kier alpha value is -1.56. The Morgan fingerprint density at radius 3 is 2.95 bits per heavy atom. The largest absolute Gasteiger partial charge is 0.372 e. The van der Waals surface area contributed by atoms with Gasteiger partial charge in [0.25, 0.3) is 0 Å². The molecule has 3 aromatic rings. The van der Waals surface area contributed by atoms with E-state index in [-0.39, 0.29) is 5.25 Å². The minimum absolute atomic E-state index is 0.0814. The molecule has 4 rings (SSSR count). The smallest absolute Gasteiger partial charge is 0.159 e. The van der Waals surface area contributed by atoms with Crippen LogP contribution >= 0.6 is 23.4 Å². The average Bonchev–Trinajstić information content (AvgIpc) is 2.97. The molecule has 3 heterocycles. The van der Waals surface area contributed by atoms with Gasteiger partial charge < -0.3 is 5.11 Å². The first-order valence-corrected chi connectivity index (χ1v) is 7.55. The highest BCUT2D eigenvalue weighted by Crippen LogP contribution is 2.49. The maximum atomic E-state index is 10.6. The molecular weight excluding hydrogens is 294 g/mol. The number of hydrogen-bond donors (Lipinski definition) is 2. The SMILES string of the molecule is OC1C(c2ccccn2)[SH]c2nc3ccc(Cl)cc3n21. The second-order valence-corrected chi connectivity index (χ2v) is 6.31. The zero-order chi connectivity index (χ0) is 13.7. The van der Waals surface area contributed by atoms with E-state index in [1.54, 1.807) is 6.20 Å². The van der Waals surface area contributed by atoms with Gasteiger partial charge in [-0.1, -0.05) is 17.7 Å². The van der Waals surface area contributed by atoms with Crippen molar-refractivity contribution in [3.63, 3.8) is 0 Å². The molecule has 0 spiro atoms. The number of fused-ring (bicyclic) bond motifs is 3. The summed E-state index contributed by atoms with van der Waals surface area (Å²) in [5.41, 5.74) is 2.60. The van der Waals surface area contributed by atoms with Crippen LogP contribution in [0.5, 0.6) is 0 Å². The number of benzene rings is 1. The maximum Gasteiger partial charge on any atom is 0.159 e. The van der Waals surface area contributed by atoms with E-state index in [1.807, 2.05) is 41.0 Å². The molecule has 2 aromatic heterocycles. The molecule has 2 atom stereocenters. The van der Waals surface area contributed by atoms with E-state index in [0.717, 1.165) is 33.6 Å². The predicted molar refractivity (Wildman–Crippen MR) is 80.2 cm³/mol. The van der Waals surface area contributed by atoms with Gasteiger partial charge in [-0.05, 0) is 30.3 Å². The molecular formula is C14H11ClN3OS. The molecule has 0 aliphatic carbocycles. The normalized spacial score (nSPS) is 21.3. The molecule has 1 aliphatic rings. The Morgan fingerprint density at radius 1 is 1.25 bits per heavy atom. The zero-order valence-corrected chi connectivity index (χ0v) is 12.0. The summed E-state index contributed by atoms with van der Waals surface area (Å²) in [6.07, 6.45) is 1.08. The molecule has 1 aromatic carbocycles. The summed E-state index contributed by atoms with van der Waals surface area (Å²) in [5.74, 6) is 0. The third kappa shape index (κ3) is 1.74. The van der Waals surface area contributed by atoms with Crippen molar-refractivity contribution in [2.75, 3.05) is 0 Å². The molecule has 1 radical (unpaired) electrons. The van der Waals surface area contributed by atoms with Crippen LogP contribution in [-0.2, 0) is 0 Å². The number of aromatic nitrogens is 3. The minimum Gasteiger partial charge on any atom is -0.372 e. The maximum absolute atomic E-state index is 10.6. The Balaban J connectivity index is 1.83. The van der Waals surface area contributed by atoms with Crippen molar-refractivity contribution in [2.45, 2.75) is 16.6 Å². The van der Waals surface area contributed by atoms with Crippen LogP contribution in [-0.4, -0.2) is 19.6 Å². The third-order valence-corrected chi connectivity index (χ3v) is 5.02. The van der Waals surface area contributed by atoms with Crippen molar-refractivity contribution in [1.82, 2.24) is 14.5 Å². The van der Waals surface area contributed by atoms with Crippen LogP contribution in [0.4, 0.5) is 0 Å². The number of aliphatic hydroxyl groups is 1. The number of hydrogen-bond acceptors (Lipinski definition) is 3. The van der Waals surface area contributed by atoms with E-state index in [2.05, 4.69) is 9.97 Å². The standard InChI is InChI=1S/C14H11ClN3OS/c15-8-4-5-9-11(7-8)18-13(19)12(20-14(18)17-9)10-3-1-2-6-16-10/h1-7,12-13,19-20H. The van der Waals surface area contributed by atoms with E-state index in [4.69, 9.17) is 11.6 Å². The molecule has 2 unspecified atom stereocenters. The summed E-state index contributed by atoms with van der Waals surface area (Å²) in [5, 5.41) is 12.0. The van der Waals surface area contributed by atoms with Gasteiger partial charge in [0.05, 0.1) is 22.0 Å². The molecule has 20 heavy (non-hydrogen) atoms. The van der Waals surface area contributed by atoms with Gasteiger partial charge in [0.1, 0.15) is 6.23 Å². The van der Waals surface area contributed by atoms with Gasteiger partial charge in [-0.25, -0.2) is 4.98 Å². The summed E-state index contributed by atoms with van der Waals surface area (Å²) in [4.78, 5) is 8.90. The predicted octanol–water partition coefficient (Wildman–Crippen LogP) is 3.15. The number of thiol groups is 1. The summed E-state index contributed by atoms with van der Waals surface area (Å²) >= 11 is 7.01. The number of halogens is 1. The van der Waals surface area contributed by atoms with Crippen molar-refractivity contribution < 1.29 is 5.11 Å². The van der Waals surface area contributed by atoms with Gasteiger partial charge in [-0.15, -0.1) is 11.8 Å². The number of imidazole rings is 1. The second-order valence-electron chi connectivity index (χ2n) is 4.66. The summed E-state index contributed by atoms with van der Waals surface area (Å²) < 4.78 is 1.85. The van der Waals surface area contributed by atoms with Crippen LogP contribution in [0, 0.1) is 0 Å². The fourth-order valence-corrected chi connectivity index (χ4v) is 3.99. The highest BCUT2D eigenvalue weighted by molar-refractivity contribution is 7.99. The number of pyridine rings is 1. The first-order valence-electron chi connectivity index (χ1n) is 6.21. The van der Waals surface area contributed by atoms with E-state index in [1.165, 1.54) is 0 Å². The molecule has 1 N–H and O–H groups in total. The van der Waals surface area contributed by atoms with E-state index in [9.17, 15) is 5.11 Å². The molecule has 0 amide bonds. The summed E-state index contributed by atoms with van der Waals surface area (Å²) in [6.45, 7) is 0. The van der Waals surface area contributed by atoms with Crippen LogP contribution < -0.4 is 0 Å². The van der Waals surface area contributed by atoms with E-state index >= 15 is 0 Å². The Bertz CT molecular complexity index is 790. The van der Waals surface area contributed by atoms with Crippen LogP contribution in [0.1, 0.15) is 17.2 Å². The monoisotopic (exact) mass is 304 g/mol.